The second-order valence-electron chi connectivity index (χ2n) is 5.51. The minimum Gasteiger partial charge on any atom is -0.490 e. The smallest absolute Gasteiger partial charge is 0.135 e. The Labute approximate surface area is 137 Å². The molecule has 23 heavy (non-hydrogen) atoms. The summed E-state index contributed by atoms with van der Waals surface area (Å²) in [6.07, 6.45) is 2.87. The van der Waals surface area contributed by atoms with Gasteiger partial charge < -0.3 is 15.2 Å². The molecule has 120 valence electrons. The first kappa shape index (κ1) is 17.0. The van der Waals surface area contributed by atoms with E-state index in [4.69, 9.17) is 4.74 Å². The molecule has 0 bridgehead atoms. The number of aromatic nitrogens is 1. The molecule has 1 heterocycles. The fraction of sp³-hybridized carbons (Fsp3) is 0.316. The first-order valence-corrected chi connectivity index (χ1v) is 7.70. The maximum atomic E-state index is 9.93. The molecular weight excluding hydrogens is 288 g/mol. The minimum atomic E-state index is -0.557. The highest BCUT2D eigenvalue weighted by atomic mass is 16.5. The fourth-order valence-corrected chi connectivity index (χ4v) is 1.89. The number of nitrogens with one attached hydrogen (secondary N) is 1. The number of benzene rings is 1. The standard InChI is InChI=1S/C19H22N2O2/c1-15(2)21-13-18(22)14-23-19-6-4-3-5-17(19)8-7-16-9-11-20-12-10-16/h3-6,9-12,15,18,21-22H,13-14H2,1-2H3. The lowest BCUT2D eigenvalue weighted by Crippen LogP contribution is -2.35. The predicted molar refractivity (Wildman–Crippen MR) is 91.3 cm³/mol. The van der Waals surface area contributed by atoms with Crippen molar-refractivity contribution in [3.8, 4) is 17.6 Å². The summed E-state index contributed by atoms with van der Waals surface area (Å²) in [6.45, 7) is 4.81. The van der Waals surface area contributed by atoms with Crippen molar-refractivity contribution in [3.05, 3.63) is 59.9 Å². The Bertz CT molecular complexity index is 660. The summed E-state index contributed by atoms with van der Waals surface area (Å²) < 4.78 is 5.71. The van der Waals surface area contributed by atoms with Crippen molar-refractivity contribution >= 4 is 0 Å². The molecule has 4 nitrogen and oxygen atoms in total. The van der Waals surface area contributed by atoms with E-state index in [1.54, 1.807) is 12.4 Å². The Morgan fingerprint density at radius 3 is 2.61 bits per heavy atom. The van der Waals surface area contributed by atoms with Gasteiger partial charge in [-0.15, -0.1) is 0 Å². The van der Waals surface area contributed by atoms with Crippen molar-refractivity contribution in [1.29, 1.82) is 0 Å². The van der Waals surface area contributed by atoms with Crippen molar-refractivity contribution < 1.29 is 9.84 Å². The van der Waals surface area contributed by atoms with Gasteiger partial charge in [-0.25, -0.2) is 0 Å². The number of aliphatic hydroxyl groups excluding tert-OH is 1. The molecule has 1 aromatic heterocycles. The fourth-order valence-electron chi connectivity index (χ4n) is 1.89. The number of nitrogens with zero attached hydrogens (tertiary/aromatic N) is 1. The van der Waals surface area contributed by atoms with Crippen LogP contribution in [0.15, 0.2) is 48.8 Å². The highest BCUT2D eigenvalue weighted by Crippen LogP contribution is 2.17. The van der Waals surface area contributed by atoms with Gasteiger partial charge in [0, 0.05) is 30.5 Å². The summed E-state index contributed by atoms with van der Waals surface area (Å²) in [5, 5.41) is 13.1. The van der Waals surface area contributed by atoms with Crippen molar-refractivity contribution in [2.24, 2.45) is 0 Å². The van der Waals surface area contributed by atoms with Crippen LogP contribution in [-0.2, 0) is 0 Å². The number of hydrogen-bond acceptors (Lipinski definition) is 4. The summed E-state index contributed by atoms with van der Waals surface area (Å²) in [5.41, 5.74) is 1.70. The molecule has 0 spiro atoms. The van der Waals surface area contributed by atoms with Crippen LogP contribution in [0.1, 0.15) is 25.0 Å². The molecule has 1 unspecified atom stereocenters. The van der Waals surface area contributed by atoms with Gasteiger partial charge in [0.15, 0.2) is 0 Å². The molecule has 0 aliphatic carbocycles. The third-order valence-corrected chi connectivity index (χ3v) is 3.10. The Balaban J connectivity index is 1.99. The van der Waals surface area contributed by atoms with Gasteiger partial charge in [-0.2, -0.15) is 0 Å². The van der Waals surface area contributed by atoms with Crippen LogP contribution in [0.25, 0.3) is 0 Å². The van der Waals surface area contributed by atoms with Crippen LogP contribution in [0.2, 0.25) is 0 Å². The zero-order valence-electron chi connectivity index (χ0n) is 13.5. The monoisotopic (exact) mass is 310 g/mol. The Morgan fingerprint density at radius 2 is 1.87 bits per heavy atom. The van der Waals surface area contributed by atoms with E-state index in [0.29, 0.717) is 18.3 Å². The number of ether oxygens (including phenoxy) is 1. The van der Waals surface area contributed by atoms with Gasteiger partial charge in [0.1, 0.15) is 18.5 Å². The van der Waals surface area contributed by atoms with Gasteiger partial charge in [0.05, 0.1) is 5.56 Å². The summed E-state index contributed by atoms with van der Waals surface area (Å²) in [4.78, 5) is 3.97. The minimum absolute atomic E-state index is 0.230. The van der Waals surface area contributed by atoms with Crippen LogP contribution in [0, 0.1) is 11.8 Å². The second-order valence-corrected chi connectivity index (χ2v) is 5.51. The maximum absolute atomic E-state index is 9.93. The van der Waals surface area contributed by atoms with Crippen molar-refractivity contribution in [2.45, 2.75) is 26.0 Å². The third kappa shape index (κ3) is 6.11. The molecule has 0 fully saturated rings. The van der Waals surface area contributed by atoms with Crippen LogP contribution in [0.5, 0.6) is 5.75 Å². The largest absolute Gasteiger partial charge is 0.490 e. The number of pyridine rings is 1. The molecule has 2 aromatic rings. The SMILES string of the molecule is CC(C)NCC(O)COc1ccccc1C#Cc1ccncc1. The van der Waals surface area contributed by atoms with Gasteiger partial charge >= 0.3 is 0 Å². The van der Waals surface area contributed by atoms with Crippen molar-refractivity contribution in [3.63, 3.8) is 0 Å². The van der Waals surface area contributed by atoms with E-state index in [1.165, 1.54) is 0 Å². The zero-order valence-corrected chi connectivity index (χ0v) is 13.5. The Kier molecular flexibility index (Phi) is 6.61. The normalized spacial score (nSPS) is 11.7. The predicted octanol–water partition coefficient (Wildman–Crippen LogP) is 2.22. The summed E-state index contributed by atoms with van der Waals surface area (Å²) in [6, 6.07) is 11.6. The molecule has 0 radical (unpaired) electrons. The first-order valence-electron chi connectivity index (χ1n) is 7.70. The molecule has 1 atom stereocenters. The van der Waals surface area contributed by atoms with E-state index < -0.39 is 6.10 Å². The van der Waals surface area contributed by atoms with E-state index >= 15 is 0 Å². The molecule has 0 saturated heterocycles. The lowest BCUT2D eigenvalue weighted by atomic mass is 10.2. The molecule has 0 amide bonds. The van der Waals surface area contributed by atoms with E-state index in [1.807, 2.05) is 50.2 Å². The first-order chi connectivity index (χ1) is 11.1. The maximum Gasteiger partial charge on any atom is 0.135 e. The van der Waals surface area contributed by atoms with Crippen LogP contribution >= 0.6 is 0 Å². The molecule has 2 rings (SSSR count). The quantitative estimate of drug-likeness (QED) is 0.803. The van der Waals surface area contributed by atoms with Crippen LogP contribution in [-0.4, -0.2) is 35.4 Å². The lowest BCUT2D eigenvalue weighted by Gasteiger charge is -2.15. The molecular formula is C19H22N2O2. The molecule has 1 aromatic carbocycles. The average molecular weight is 310 g/mol. The third-order valence-electron chi connectivity index (χ3n) is 3.10. The van der Waals surface area contributed by atoms with E-state index in [-0.39, 0.29) is 6.61 Å². The topological polar surface area (TPSA) is 54.4 Å². The summed E-state index contributed by atoms with van der Waals surface area (Å²) >= 11 is 0. The van der Waals surface area contributed by atoms with E-state index in [9.17, 15) is 5.11 Å². The van der Waals surface area contributed by atoms with Gasteiger partial charge in [0.25, 0.3) is 0 Å². The lowest BCUT2D eigenvalue weighted by molar-refractivity contribution is 0.104. The molecule has 0 aliphatic rings. The average Bonchev–Trinajstić information content (AvgIpc) is 2.58. The molecule has 4 heteroatoms. The molecule has 0 saturated carbocycles. The van der Waals surface area contributed by atoms with Gasteiger partial charge in [-0.3, -0.25) is 4.98 Å². The summed E-state index contributed by atoms with van der Waals surface area (Å²) in [5.74, 6) is 6.87. The van der Waals surface area contributed by atoms with Crippen LogP contribution in [0.4, 0.5) is 0 Å². The number of rotatable bonds is 6. The van der Waals surface area contributed by atoms with Crippen molar-refractivity contribution in [1.82, 2.24) is 10.3 Å². The van der Waals surface area contributed by atoms with Crippen molar-refractivity contribution in [2.75, 3.05) is 13.2 Å². The second kappa shape index (κ2) is 8.94. The van der Waals surface area contributed by atoms with Crippen LogP contribution < -0.4 is 10.1 Å². The number of para-hydroxylation sites is 1. The summed E-state index contributed by atoms with van der Waals surface area (Å²) in [7, 11) is 0. The Morgan fingerprint density at radius 1 is 1.13 bits per heavy atom. The Hall–Kier alpha value is -2.35. The highest BCUT2D eigenvalue weighted by molar-refractivity contribution is 5.49. The van der Waals surface area contributed by atoms with E-state index in [2.05, 4.69) is 22.1 Å². The highest BCUT2D eigenvalue weighted by Gasteiger charge is 2.07. The number of hydrogen-bond donors (Lipinski definition) is 2. The van der Waals surface area contributed by atoms with E-state index in [0.717, 1.165) is 11.1 Å². The number of aliphatic hydroxyl groups is 1. The van der Waals surface area contributed by atoms with Crippen LogP contribution in [0.3, 0.4) is 0 Å². The zero-order chi connectivity index (χ0) is 16.5. The van der Waals surface area contributed by atoms with Gasteiger partial charge in [-0.1, -0.05) is 37.8 Å². The molecule has 2 N–H and O–H groups in total. The molecule has 0 aliphatic heterocycles. The van der Waals surface area contributed by atoms with Gasteiger partial charge in [0.2, 0.25) is 0 Å². The van der Waals surface area contributed by atoms with Gasteiger partial charge in [-0.05, 0) is 24.3 Å².